The quantitative estimate of drug-likeness (QED) is 0.616. The van der Waals surface area contributed by atoms with Crippen molar-refractivity contribution in [2.75, 3.05) is 19.6 Å². The van der Waals surface area contributed by atoms with E-state index >= 15 is 0 Å². The van der Waals surface area contributed by atoms with E-state index < -0.39 is 5.67 Å². The lowest BCUT2D eigenvalue weighted by Gasteiger charge is -2.22. The molecule has 6 heteroatoms. The molecular formula is C24H29FN4O. The first-order valence-corrected chi connectivity index (χ1v) is 10.5. The van der Waals surface area contributed by atoms with E-state index in [1.165, 1.54) is 0 Å². The van der Waals surface area contributed by atoms with Gasteiger partial charge in [0.05, 0.1) is 11.9 Å². The second-order valence-corrected chi connectivity index (χ2v) is 9.07. The Morgan fingerprint density at radius 1 is 1.20 bits per heavy atom. The number of likely N-dealkylation sites (tertiary alicyclic amines) is 1. The zero-order valence-corrected chi connectivity index (χ0v) is 18.2. The lowest BCUT2D eigenvalue weighted by molar-refractivity contribution is -0.121. The molecule has 0 N–H and O–H groups in total. The number of nitrogens with zero attached hydrogens (tertiary/aromatic N) is 4. The molecular weight excluding hydrogens is 379 g/mol. The fourth-order valence-corrected chi connectivity index (χ4v) is 4.31. The number of fused-ring (bicyclic) bond motifs is 1. The minimum absolute atomic E-state index is 0.0337. The van der Waals surface area contributed by atoms with Crippen LogP contribution in [0, 0.1) is 12.8 Å². The first kappa shape index (κ1) is 20.7. The Morgan fingerprint density at radius 2 is 2.00 bits per heavy atom. The predicted octanol–water partition coefficient (Wildman–Crippen LogP) is 4.13. The van der Waals surface area contributed by atoms with Crippen LogP contribution in [0.25, 0.3) is 22.0 Å². The van der Waals surface area contributed by atoms with Crippen molar-refractivity contribution in [3.8, 4) is 11.3 Å². The number of pyridine rings is 1. The number of benzene rings is 1. The van der Waals surface area contributed by atoms with Crippen molar-refractivity contribution in [3.63, 3.8) is 0 Å². The molecule has 0 saturated carbocycles. The fourth-order valence-electron chi connectivity index (χ4n) is 4.31. The number of alkyl halides is 1. The van der Waals surface area contributed by atoms with Crippen LogP contribution in [0.3, 0.4) is 0 Å². The van der Waals surface area contributed by atoms with E-state index in [4.69, 9.17) is 0 Å². The largest absolute Gasteiger partial charge is 0.331 e. The maximum Gasteiger partial charge on any atom is 0.143 e. The van der Waals surface area contributed by atoms with Gasteiger partial charge in [0.2, 0.25) is 0 Å². The van der Waals surface area contributed by atoms with Crippen molar-refractivity contribution >= 4 is 16.6 Å². The molecule has 0 bridgehead atoms. The van der Waals surface area contributed by atoms with Crippen molar-refractivity contribution in [1.29, 1.82) is 0 Å². The molecule has 1 saturated heterocycles. The zero-order chi connectivity index (χ0) is 21.5. The standard InChI is InChI=1S/C24H29FN4O/c1-16-26-13-22(28(16)4)17-5-6-18-12-27-21(10-20(18)9-17)11-23(30)19-7-8-29(14-19)15-24(2,3)25/h5-6,9-10,12-13,19H,7-8,11,14-15H2,1-4H3. The van der Waals surface area contributed by atoms with Gasteiger partial charge >= 0.3 is 0 Å². The molecule has 0 amide bonds. The number of imidazole rings is 1. The molecule has 0 radical (unpaired) electrons. The van der Waals surface area contributed by atoms with E-state index in [1.54, 1.807) is 13.8 Å². The van der Waals surface area contributed by atoms with Gasteiger partial charge in [0.25, 0.3) is 0 Å². The third-order valence-electron chi connectivity index (χ3n) is 5.98. The number of aromatic nitrogens is 3. The van der Waals surface area contributed by atoms with Crippen LogP contribution in [0.15, 0.2) is 36.7 Å². The Bertz CT molecular complexity index is 1080. The summed E-state index contributed by atoms with van der Waals surface area (Å²) >= 11 is 0. The highest BCUT2D eigenvalue weighted by Crippen LogP contribution is 2.26. The number of carbonyl (C=O) groups is 1. The third-order valence-corrected chi connectivity index (χ3v) is 5.98. The molecule has 1 fully saturated rings. The lowest BCUT2D eigenvalue weighted by Crippen LogP contribution is -2.35. The van der Waals surface area contributed by atoms with Crippen LogP contribution in [0.2, 0.25) is 0 Å². The summed E-state index contributed by atoms with van der Waals surface area (Å²) in [4.78, 5) is 23.8. The van der Waals surface area contributed by atoms with Crippen molar-refractivity contribution in [2.45, 2.75) is 39.3 Å². The molecule has 1 aliphatic rings. The Labute approximate surface area is 176 Å². The highest BCUT2D eigenvalue weighted by Gasteiger charge is 2.31. The Kier molecular flexibility index (Phi) is 5.45. The van der Waals surface area contributed by atoms with Crippen LogP contribution in [0.5, 0.6) is 0 Å². The maximum atomic E-state index is 13.9. The molecule has 158 valence electrons. The minimum Gasteiger partial charge on any atom is -0.331 e. The number of aryl methyl sites for hydroxylation is 1. The van der Waals surface area contributed by atoms with Gasteiger partial charge in [0.1, 0.15) is 17.3 Å². The molecule has 3 aromatic rings. The van der Waals surface area contributed by atoms with E-state index in [0.29, 0.717) is 19.5 Å². The SMILES string of the molecule is Cc1ncc(-c2ccc3cnc(CC(=O)C4CCN(CC(C)(C)F)C4)cc3c2)n1C. The highest BCUT2D eigenvalue weighted by atomic mass is 19.1. The zero-order valence-electron chi connectivity index (χ0n) is 18.2. The van der Waals surface area contributed by atoms with E-state index in [2.05, 4.69) is 37.6 Å². The Balaban J connectivity index is 1.49. The monoisotopic (exact) mass is 408 g/mol. The summed E-state index contributed by atoms with van der Waals surface area (Å²) in [5.41, 5.74) is 1.71. The van der Waals surface area contributed by atoms with Crippen molar-refractivity contribution in [1.82, 2.24) is 19.4 Å². The molecule has 5 nitrogen and oxygen atoms in total. The van der Waals surface area contributed by atoms with Crippen LogP contribution in [0.1, 0.15) is 31.8 Å². The molecule has 0 aliphatic carbocycles. The number of rotatable bonds is 6. The van der Waals surface area contributed by atoms with Crippen molar-refractivity contribution in [2.24, 2.45) is 13.0 Å². The van der Waals surface area contributed by atoms with Gasteiger partial charge in [0.15, 0.2) is 0 Å². The van der Waals surface area contributed by atoms with Gasteiger partial charge in [-0.25, -0.2) is 9.37 Å². The number of hydrogen-bond donors (Lipinski definition) is 0. The summed E-state index contributed by atoms with van der Waals surface area (Å²) in [6.07, 6.45) is 4.84. The normalized spacial score (nSPS) is 17.7. The van der Waals surface area contributed by atoms with E-state index in [1.807, 2.05) is 32.4 Å². The number of ketones is 1. The number of Topliss-reactive ketones (excluding diaryl/α,β-unsaturated/α-hetero) is 1. The number of hydrogen-bond acceptors (Lipinski definition) is 4. The molecule has 2 aromatic heterocycles. The smallest absolute Gasteiger partial charge is 0.143 e. The Hall–Kier alpha value is -2.60. The average molecular weight is 409 g/mol. The second kappa shape index (κ2) is 7.91. The second-order valence-electron chi connectivity index (χ2n) is 9.07. The molecule has 1 aliphatic heterocycles. The van der Waals surface area contributed by atoms with Crippen molar-refractivity contribution in [3.05, 3.63) is 48.2 Å². The van der Waals surface area contributed by atoms with Gasteiger partial charge in [0, 0.05) is 55.3 Å². The lowest BCUT2D eigenvalue weighted by atomic mass is 9.98. The molecule has 1 unspecified atom stereocenters. The van der Waals surface area contributed by atoms with Gasteiger partial charge in [-0.1, -0.05) is 12.1 Å². The van der Waals surface area contributed by atoms with Crippen LogP contribution in [-0.2, 0) is 18.3 Å². The maximum absolute atomic E-state index is 13.9. The van der Waals surface area contributed by atoms with Gasteiger partial charge in [-0.2, -0.15) is 0 Å². The highest BCUT2D eigenvalue weighted by molar-refractivity contribution is 5.88. The van der Waals surface area contributed by atoms with E-state index in [0.717, 1.165) is 46.5 Å². The summed E-state index contributed by atoms with van der Waals surface area (Å²) in [5, 5.41) is 2.11. The third kappa shape index (κ3) is 4.43. The van der Waals surface area contributed by atoms with Gasteiger partial charge in [-0.05, 0) is 51.3 Å². The molecule has 1 aromatic carbocycles. The predicted molar refractivity (Wildman–Crippen MR) is 117 cm³/mol. The summed E-state index contributed by atoms with van der Waals surface area (Å²) < 4.78 is 16.0. The van der Waals surface area contributed by atoms with Crippen LogP contribution < -0.4 is 0 Å². The first-order chi connectivity index (χ1) is 14.2. The molecule has 30 heavy (non-hydrogen) atoms. The van der Waals surface area contributed by atoms with Gasteiger partial charge < -0.3 is 4.57 Å². The summed E-state index contributed by atoms with van der Waals surface area (Å²) in [7, 11) is 2.01. The molecule has 4 rings (SSSR count). The fraction of sp³-hybridized carbons (Fsp3) is 0.458. The van der Waals surface area contributed by atoms with E-state index in [-0.39, 0.29) is 11.7 Å². The first-order valence-electron chi connectivity index (χ1n) is 10.5. The topological polar surface area (TPSA) is 51.0 Å². The molecule has 1 atom stereocenters. The van der Waals surface area contributed by atoms with Crippen LogP contribution in [0.4, 0.5) is 4.39 Å². The average Bonchev–Trinajstić information content (AvgIpc) is 3.27. The van der Waals surface area contributed by atoms with E-state index in [9.17, 15) is 9.18 Å². The molecule has 3 heterocycles. The summed E-state index contributed by atoms with van der Waals surface area (Å²) in [6.45, 7) is 6.95. The van der Waals surface area contributed by atoms with Gasteiger partial charge in [-0.15, -0.1) is 0 Å². The van der Waals surface area contributed by atoms with Crippen LogP contribution >= 0.6 is 0 Å². The summed E-state index contributed by atoms with van der Waals surface area (Å²) in [5.74, 6) is 1.13. The summed E-state index contributed by atoms with van der Waals surface area (Å²) in [6, 6.07) is 8.27. The molecule has 0 spiro atoms. The van der Waals surface area contributed by atoms with Crippen molar-refractivity contribution < 1.29 is 9.18 Å². The van der Waals surface area contributed by atoms with Crippen LogP contribution in [-0.4, -0.2) is 50.5 Å². The Morgan fingerprint density at radius 3 is 2.70 bits per heavy atom. The van der Waals surface area contributed by atoms with Gasteiger partial charge in [-0.3, -0.25) is 14.7 Å². The minimum atomic E-state index is -1.23. The number of halogens is 1. The number of carbonyl (C=O) groups excluding carboxylic acids is 1.